The van der Waals surface area contributed by atoms with Crippen LogP contribution in [0.15, 0.2) is 30.9 Å². The predicted octanol–water partition coefficient (Wildman–Crippen LogP) is 3.09. The van der Waals surface area contributed by atoms with Gasteiger partial charge in [0.2, 0.25) is 0 Å². The molecule has 0 heterocycles. The van der Waals surface area contributed by atoms with Crippen molar-refractivity contribution < 1.29 is 9.53 Å². The number of nitrogens with one attached hydrogen (secondary N) is 1. The van der Waals surface area contributed by atoms with Crippen LogP contribution in [0.1, 0.15) is 25.0 Å². The Morgan fingerprint density at radius 2 is 2.28 bits per heavy atom. The number of hydrogen-bond donors (Lipinski definition) is 1. The molecule has 1 rings (SSSR count). The molecule has 0 spiro atoms. The van der Waals surface area contributed by atoms with Crippen LogP contribution in [0.4, 0.5) is 5.69 Å². The summed E-state index contributed by atoms with van der Waals surface area (Å²) in [5.41, 5.74) is 3.37. The summed E-state index contributed by atoms with van der Waals surface area (Å²) in [6.07, 6.45) is 2.49. The molecule has 0 saturated heterocycles. The summed E-state index contributed by atoms with van der Waals surface area (Å²) in [5.74, 6) is -0.264. The van der Waals surface area contributed by atoms with Crippen LogP contribution in [0.3, 0.4) is 0 Å². The number of aryl methyl sites for hydroxylation is 2. The molecule has 3 nitrogen and oxygen atoms in total. The van der Waals surface area contributed by atoms with Crippen molar-refractivity contribution >= 4 is 11.7 Å². The zero-order valence-corrected chi connectivity index (χ0v) is 11.3. The number of esters is 1. The lowest BCUT2D eigenvalue weighted by atomic mass is 10.1. The van der Waals surface area contributed by atoms with Crippen LogP contribution >= 0.6 is 0 Å². The SMILES string of the molecule is C=CCOC(=O)C(C)Nc1c(C)cccc1CC. The fraction of sp³-hybridized carbons (Fsp3) is 0.400. The summed E-state index contributed by atoms with van der Waals surface area (Å²) >= 11 is 0. The lowest BCUT2D eigenvalue weighted by Gasteiger charge is -2.18. The average Bonchev–Trinajstić information content (AvgIpc) is 2.38. The molecule has 0 amide bonds. The molecule has 1 N–H and O–H groups in total. The minimum absolute atomic E-state index is 0.249. The Labute approximate surface area is 109 Å². The Morgan fingerprint density at radius 1 is 1.56 bits per heavy atom. The van der Waals surface area contributed by atoms with Gasteiger partial charge in [-0.15, -0.1) is 0 Å². The fourth-order valence-electron chi connectivity index (χ4n) is 1.77. The van der Waals surface area contributed by atoms with E-state index < -0.39 is 0 Å². The van der Waals surface area contributed by atoms with Crippen molar-refractivity contribution in [1.29, 1.82) is 0 Å². The largest absolute Gasteiger partial charge is 0.460 e. The molecular formula is C15H21NO2. The van der Waals surface area contributed by atoms with Gasteiger partial charge in [-0.3, -0.25) is 0 Å². The van der Waals surface area contributed by atoms with Gasteiger partial charge in [0.15, 0.2) is 0 Å². The third-order valence-corrected chi connectivity index (χ3v) is 2.80. The summed E-state index contributed by atoms with van der Waals surface area (Å²) in [6.45, 7) is 9.70. The van der Waals surface area contributed by atoms with Crippen molar-refractivity contribution in [3.8, 4) is 0 Å². The number of hydrogen-bond acceptors (Lipinski definition) is 3. The van der Waals surface area contributed by atoms with E-state index in [1.807, 2.05) is 19.1 Å². The molecule has 1 atom stereocenters. The van der Waals surface area contributed by atoms with Crippen LogP contribution in [0.5, 0.6) is 0 Å². The van der Waals surface area contributed by atoms with Crippen molar-refractivity contribution in [3.63, 3.8) is 0 Å². The van der Waals surface area contributed by atoms with Gasteiger partial charge in [-0.05, 0) is 31.4 Å². The molecule has 3 heteroatoms. The van der Waals surface area contributed by atoms with Crippen LogP contribution in [0, 0.1) is 6.92 Å². The van der Waals surface area contributed by atoms with E-state index in [0.717, 1.165) is 17.7 Å². The number of rotatable bonds is 6. The van der Waals surface area contributed by atoms with Crippen LogP contribution in [0.25, 0.3) is 0 Å². The summed E-state index contributed by atoms with van der Waals surface area (Å²) in [5, 5.41) is 3.23. The van der Waals surface area contributed by atoms with Crippen LogP contribution < -0.4 is 5.32 Å². The van der Waals surface area contributed by atoms with Crippen molar-refractivity contribution in [2.75, 3.05) is 11.9 Å². The topological polar surface area (TPSA) is 38.3 Å². The zero-order chi connectivity index (χ0) is 13.5. The fourth-order valence-corrected chi connectivity index (χ4v) is 1.77. The van der Waals surface area contributed by atoms with Gasteiger partial charge >= 0.3 is 5.97 Å². The van der Waals surface area contributed by atoms with Gasteiger partial charge in [0, 0.05) is 5.69 Å². The maximum absolute atomic E-state index is 11.7. The molecule has 0 aliphatic carbocycles. The van der Waals surface area contributed by atoms with Crippen LogP contribution in [-0.2, 0) is 16.0 Å². The first-order chi connectivity index (χ1) is 8.60. The van der Waals surface area contributed by atoms with Gasteiger partial charge in [0.25, 0.3) is 0 Å². The molecule has 1 aromatic carbocycles. The summed E-state index contributed by atoms with van der Waals surface area (Å²) in [7, 11) is 0. The van der Waals surface area contributed by atoms with E-state index in [2.05, 4.69) is 24.9 Å². The van der Waals surface area contributed by atoms with E-state index in [1.54, 1.807) is 13.0 Å². The summed E-state index contributed by atoms with van der Waals surface area (Å²) in [6, 6.07) is 5.76. The third kappa shape index (κ3) is 3.62. The van der Waals surface area contributed by atoms with Gasteiger partial charge in [-0.1, -0.05) is 37.8 Å². The Kier molecular flexibility index (Phi) is 5.43. The minimum Gasteiger partial charge on any atom is -0.460 e. The molecule has 0 bridgehead atoms. The second-order valence-corrected chi connectivity index (χ2v) is 4.25. The first-order valence-corrected chi connectivity index (χ1v) is 6.22. The standard InChI is InChI=1S/C15H21NO2/c1-5-10-18-15(17)12(4)16-14-11(3)8-7-9-13(14)6-2/h5,7-9,12,16H,1,6,10H2,2-4H3. The molecule has 0 saturated carbocycles. The zero-order valence-electron chi connectivity index (χ0n) is 11.3. The quantitative estimate of drug-likeness (QED) is 0.620. The number of anilines is 1. The highest BCUT2D eigenvalue weighted by atomic mass is 16.5. The first-order valence-electron chi connectivity index (χ1n) is 6.22. The lowest BCUT2D eigenvalue weighted by Crippen LogP contribution is -2.29. The molecule has 0 radical (unpaired) electrons. The molecule has 18 heavy (non-hydrogen) atoms. The molecule has 98 valence electrons. The Morgan fingerprint density at radius 3 is 2.89 bits per heavy atom. The normalized spacial score (nSPS) is 11.7. The average molecular weight is 247 g/mol. The number of carbonyl (C=O) groups excluding carboxylic acids is 1. The lowest BCUT2D eigenvalue weighted by molar-refractivity contribution is -0.142. The van der Waals surface area contributed by atoms with E-state index in [0.29, 0.717) is 0 Å². The molecule has 1 aromatic rings. The molecule has 0 fully saturated rings. The van der Waals surface area contributed by atoms with E-state index in [-0.39, 0.29) is 18.6 Å². The van der Waals surface area contributed by atoms with Gasteiger partial charge in [0.1, 0.15) is 12.6 Å². The number of benzene rings is 1. The molecule has 0 aliphatic heterocycles. The van der Waals surface area contributed by atoms with Crippen molar-refractivity contribution in [3.05, 3.63) is 42.0 Å². The van der Waals surface area contributed by atoms with Crippen LogP contribution in [0.2, 0.25) is 0 Å². The molecular weight excluding hydrogens is 226 g/mol. The maximum atomic E-state index is 11.7. The summed E-state index contributed by atoms with van der Waals surface area (Å²) in [4.78, 5) is 11.7. The van der Waals surface area contributed by atoms with Gasteiger partial charge in [0.05, 0.1) is 0 Å². The van der Waals surface area contributed by atoms with Crippen LogP contribution in [-0.4, -0.2) is 18.6 Å². The van der Waals surface area contributed by atoms with Crippen molar-refractivity contribution in [1.82, 2.24) is 0 Å². The van der Waals surface area contributed by atoms with E-state index in [4.69, 9.17) is 4.74 Å². The predicted molar refractivity (Wildman–Crippen MR) is 74.8 cm³/mol. The molecule has 1 unspecified atom stereocenters. The van der Waals surface area contributed by atoms with Gasteiger partial charge < -0.3 is 10.1 Å². The number of carbonyl (C=O) groups is 1. The summed E-state index contributed by atoms with van der Waals surface area (Å²) < 4.78 is 5.02. The van der Waals surface area contributed by atoms with E-state index >= 15 is 0 Å². The minimum atomic E-state index is -0.364. The molecule has 0 aliphatic rings. The molecule has 0 aromatic heterocycles. The van der Waals surface area contributed by atoms with E-state index in [9.17, 15) is 4.79 Å². The van der Waals surface area contributed by atoms with Gasteiger partial charge in [-0.25, -0.2) is 4.79 Å². The second-order valence-electron chi connectivity index (χ2n) is 4.25. The number of ether oxygens (including phenoxy) is 1. The monoisotopic (exact) mass is 247 g/mol. The van der Waals surface area contributed by atoms with Gasteiger partial charge in [-0.2, -0.15) is 0 Å². The van der Waals surface area contributed by atoms with E-state index in [1.165, 1.54) is 5.56 Å². The Hall–Kier alpha value is -1.77. The second kappa shape index (κ2) is 6.84. The smallest absolute Gasteiger partial charge is 0.328 e. The Bertz CT molecular complexity index is 427. The third-order valence-electron chi connectivity index (χ3n) is 2.80. The van der Waals surface area contributed by atoms with Crippen molar-refractivity contribution in [2.45, 2.75) is 33.2 Å². The number of para-hydroxylation sites is 1. The highest BCUT2D eigenvalue weighted by Crippen LogP contribution is 2.22. The Balaban J connectivity index is 2.77. The van der Waals surface area contributed by atoms with Crippen molar-refractivity contribution in [2.24, 2.45) is 0 Å². The first kappa shape index (κ1) is 14.3. The highest BCUT2D eigenvalue weighted by Gasteiger charge is 2.15. The highest BCUT2D eigenvalue weighted by molar-refractivity contribution is 5.79. The maximum Gasteiger partial charge on any atom is 0.328 e.